The molecule has 0 saturated heterocycles. The summed E-state index contributed by atoms with van der Waals surface area (Å²) in [4.78, 5) is 12.2. The van der Waals surface area contributed by atoms with Gasteiger partial charge in [-0.05, 0) is 48.4 Å². The molecule has 5 heteroatoms. The quantitative estimate of drug-likeness (QED) is 0.545. The molecule has 3 aromatic rings. The summed E-state index contributed by atoms with van der Waals surface area (Å²) in [7, 11) is 0. The fourth-order valence-electron chi connectivity index (χ4n) is 2.62. The monoisotopic (exact) mass is 348 g/mol. The van der Waals surface area contributed by atoms with E-state index in [4.69, 9.17) is 4.74 Å². The maximum Gasteiger partial charge on any atom is 0.280 e. The third-order valence-electron chi connectivity index (χ3n) is 3.99. The van der Waals surface area contributed by atoms with Crippen molar-refractivity contribution in [3.05, 3.63) is 71.8 Å². The van der Waals surface area contributed by atoms with E-state index in [9.17, 15) is 9.90 Å². The second-order valence-electron chi connectivity index (χ2n) is 6.03. The summed E-state index contributed by atoms with van der Waals surface area (Å²) in [6.07, 6.45) is 0.740. The van der Waals surface area contributed by atoms with Crippen LogP contribution in [0.2, 0.25) is 0 Å². The second-order valence-corrected chi connectivity index (χ2v) is 6.03. The molecule has 1 unspecified atom stereocenters. The minimum Gasteiger partial charge on any atom is -0.507 e. The van der Waals surface area contributed by atoms with Crippen molar-refractivity contribution in [1.29, 1.82) is 0 Å². The van der Waals surface area contributed by atoms with Gasteiger partial charge < -0.3 is 9.84 Å². The van der Waals surface area contributed by atoms with Gasteiger partial charge in [-0.15, -0.1) is 0 Å². The van der Waals surface area contributed by atoms with Crippen LogP contribution < -0.4 is 10.2 Å². The van der Waals surface area contributed by atoms with Crippen LogP contribution in [-0.2, 0) is 4.79 Å². The normalized spacial score (nSPS) is 12.2. The zero-order valence-electron chi connectivity index (χ0n) is 14.6. The Hall–Kier alpha value is -3.34. The number of hydrogen-bond donors (Lipinski definition) is 2. The standard InChI is InChI=1S/C21H20N2O3/c1-14-6-5-8-17(12-14)26-15(2)21(25)23-22-13-19-18-9-4-3-7-16(18)10-11-20(19)24/h3-13,15,24H,1-2H3,(H,23,25). The molecular weight excluding hydrogens is 328 g/mol. The molecule has 5 nitrogen and oxygen atoms in total. The summed E-state index contributed by atoms with van der Waals surface area (Å²) in [5, 5.41) is 15.9. The topological polar surface area (TPSA) is 70.9 Å². The molecule has 0 spiro atoms. The third-order valence-corrected chi connectivity index (χ3v) is 3.99. The number of amides is 1. The number of carbonyl (C=O) groups is 1. The molecule has 0 bridgehead atoms. The van der Waals surface area contributed by atoms with Crippen LogP contribution in [0.15, 0.2) is 65.8 Å². The molecule has 0 heterocycles. The molecule has 1 amide bonds. The van der Waals surface area contributed by atoms with E-state index in [0.29, 0.717) is 11.3 Å². The Morgan fingerprint density at radius 2 is 1.96 bits per heavy atom. The molecule has 0 saturated carbocycles. The number of phenols is 1. The highest BCUT2D eigenvalue weighted by Crippen LogP contribution is 2.25. The Morgan fingerprint density at radius 3 is 2.77 bits per heavy atom. The van der Waals surface area contributed by atoms with Gasteiger partial charge in [0.05, 0.1) is 6.21 Å². The number of benzene rings is 3. The molecule has 0 fully saturated rings. The number of hydrazone groups is 1. The molecule has 0 radical (unpaired) electrons. The summed E-state index contributed by atoms with van der Waals surface area (Å²) in [6, 6.07) is 18.6. The van der Waals surface area contributed by atoms with Gasteiger partial charge in [-0.25, -0.2) is 5.43 Å². The molecule has 0 aromatic heterocycles. The lowest BCUT2D eigenvalue weighted by molar-refractivity contribution is -0.127. The first-order valence-electron chi connectivity index (χ1n) is 8.31. The van der Waals surface area contributed by atoms with Crippen LogP contribution in [-0.4, -0.2) is 23.3 Å². The first kappa shape index (κ1) is 17.5. The predicted octanol–water partition coefficient (Wildman–Crippen LogP) is 3.77. The van der Waals surface area contributed by atoms with Crippen LogP contribution >= 0.6 is 0 Å². The summed E-state index contributed by atoms with van der Waals surface area (Å²) < 4.78 is 5.62. The molecule has 3 aromatic carbocycles. The highest BCUT2D eigenvalue weighted by atomic mass is 16.5. The Balaban J connectivity index is 1.68. The molecule has 132 valence electrons. The lowest BCUT2D eigenvalue weighted by atomic mass is 10.0. The number of hydrogen-bond acceptors (Lipinski definition) is 4. The van der Waals surface area contributed by atoms with E-state index in [2.05, 4.69) is 10.5 Å². The van der Waals surface area contributed by atoms with Gasteiger partial charge in [0.1, 0.15) is 11.5 Å². The van der Waals surface area contributed by atoms with E-state index in [1.807, 2.05) is 55.5 Å². The van der Waals surface area contributed by atoms with E-state index < -0.39 is 6.10 Å². The van der Waals surface area contributed by atoms with E-state index in [1.54, 1.807) is 19.1 Å². The van der Waals surface area contributed by atoms with E-state index in [-0.39, 0.29) is 11.7 Å². The first-order valence-corrected chi connectivity index (χ1v) is 8.31. The molecule has 0 aliphatic heterocycles. The zero-order valence-corrected chi connectivity index (χ0v) is 14.6. The van der Waals surface area contributed by atoms with Crippen LogP contribution in [0.1, 0.15) is 18.1 Å². The average molecular weight is 348 g/mol. The van der Waals surface area contributed by atoms with Crippen molar-refractivity contribution in [2.45, 2.75) is 20.0 Å². The molecule has 1 atom stereocenters. The maximum absolute atomic E-state index is 12.2. The van der Waals surface area contributed by atoms with Crippen molar-refractivity contribution in [2.24, 2.45) is 5.10 Å². The number of nitrogens with one attached hydrogen (secondary N) is 1. The number of phenolic OH excluding ortho intramolecular Hbond substituents is 1. The molecule has 26 heavy (non-hydrogen) atoms. The number of ether oxygens (including phenoxy) is 1. The van der Waals surface area contributed by atoms with Crippen LogP contribution in [0, 0.1) is 6.92 Å². The summed E-state index contributed by atoms with van der Waals surface area (Å²) in [5.41, 5.74) is 4.06. The Labute approximate surface area is 151 Å². The van der Waals surface area contributed by atoms with Gasteiger partial charge in [-0.1, -0.05) is 42.5 Å². The van der Waals surface area contributed by atoms with Gasteiger partial charge in [0.2, 0.25) is 0 Å². The Morgan fingerprint density at radius 1 is 1.15 bits per heavy atom. The van der Waals surface area contributed by atoms with Crippen LogP contribution in [0.4, 0.5) is 0 Å². The van der Waals surface area contributed by atoms with Gasteiger partial charge in [-0.3, -0.25) is 4.79 Å². The Kier molecular flexibility index (Phi) is 5.17. The van der Waals surface area contributed by atoms with Crippen molar-refractivity contribution in [2.75, 3.05) is 0 Å². The first-order chi connectivity index (χ1) is 12.5. The smallest absolute Gasteiger partial charge is 0.280 e. The minimum absolute atomic E-state index is 0.103. The number of aromatic hydroxyl groups is 1. The van der Waals surface area contributed by atoms with Crippen LogP contribution in [0.25, 0.3) is 10.8 Å². The Bertz CT molecular complexity index is 966. The lowest BCUT2D eigenvalue weighted by Crippen LogP contribution is -2.33. The maximum atomic E-state index is 12.2. The van der Waals surface area contributed by atoms with Gasteiger partial charge in [0.15, 0.2) is 6.10 Å². The third kappa shape index (κ3) is 4.00. The fourth-order valence-corrected chi connectivity index (χ4v) is 2.62. The largest absolute Gasteiger partial charge is 0.507 e. The summed E-state index contributed by atoms with van der Waals surface area (Å²) in [5.74, 6) is 0.358. The average Bonchev–Trinajstić information content (AvgIpc) is 2.63. The molecule has 0 aliphatic carbocycles. The van der Waals surface area contributed by atoms with Gasteiger partial charge in [-0.2, -0.15) is 5.10 Å². The minimum atomic E-state index is -0.699. The molecular formula is C21H20N2O3. The fraction of sp³-hybridized carbons (Fsp3) is 0.143. The highest BCUT2D eigenvalue weighted by Gasteiger charge is 2.14. The van der Waals surface area contributed by atoms with Crippen LogP contribution in [0.3, 0.4) is 0 Å². The van der Waals surface area contributed by atoms with Gasteiger partial charge >= 0.3 is 0 Å². The number of fused-ring (bicyclic) bond motifs is 1. The van der Waals surface area contributed by atoms with E-state index in [1.165, 1.54) is 6.21 Å². The van der Waals surface area contributed by atoms with Crippen molar-refractivity contribution in [1.82, 2.24) is 5.43 Å². The highest BCUT2D eigenvalue weighted by molar-refractivity contribution is 6.02. The lowest BCUT2D eigenvalue weighted by Gasteiger charge is -2.13. The SMILES string of the molecule is Cc1cccc(OC(C)C(=O)NN=Cc2c(O)ccc3ccccc23)c1. The zero-order chi connectivity index (χ0) is 18.5. The number of rotatable bonds is 5. The number of aryl methyl sites for hydroxylation is 1. The number of nitrogens with zero attached hydrogens (tertiary/aromatic N) is 1. The number of carbonyl (C=O) groups excluding carboxylic acids is 1. The van der Waals surface area contributed by atoms with Crippen molar-refractivity contribution >= 4 is 22.9 Å². The summed E-state index contributed by atoms with van der Waals surface area (Å²) >= 11 is 0. The summed E-state index contributed by atoms with van der Waals surface area (Å²) in [6.45, 7) is 3.61. The predicted molar refractivity (Wildman–Crippen MR) is 103 cm³/mol. The molecule has 3 rings (SSSR count). The van der Waals surface area contributed by atoms with E-state index in [0.717, 1.165) is 16.3 Å². The molecule has 2 N–H and O–H groups in total. The van der Waals surface area contributed by atoms with Crippen molar-refractivity contribution in [3.63, 3.8) is 0 Å². The van der Waals surface area contributed by atoms with E-state index >= 15 is 0 Å². The van der Waals surface area contributed by atoms with Gasteiger partial charge in [0.25, 0.3) is 5.91 Å². The van der Waals surface area contributed by atoms with Crippen molar-refractivity contribution < 1.29 is 14.6 Å². The van der Waals surface area contributed by atoms with Crippen molar-refractivity contribution in [3.8, 4) is 11.5 Å². The second kappa shape index (κ2) is 7.70. The van der Waals surface area contributed by atoms with Crippen LogP contribution in [0.5, 0.6) is 11.5 Å². The molecule has 0 aliphatic rings. The van der Waals surface area contributed by atoms with Gasteiger partial charge in [0, 0.05) is 5.56 Å².